The van der Waals surface area contributed by atoms with Gasteiger partial charge in [0.1, 0.15) is 11.2 Å². The minimum atomic E-state index is 0.893. The van der Waals surface area contributed by atoms with Gasteiger partial charge in [-0.2, -0.15) is 0 Å². The summed E-state index contributed by atoms with van der Waals surface area (Å²) in [5, 5.41) is 7.24. The van der Waals surface area contributed by atoms with Gasteiger partial charge in [0.05, 0.1) is 0 Å². The lowest BCUT2D eigenvalue weighted by molar-refractivity contribution is 0.668. The number of hydrogen-bond acceptors (Lipinski definition) is 1. The SMILES string of the molecule is C=Cc1ccc2c(oc3cccc(-c4c5ccccc5c(-c5ccccc5)c5ccccc45)c32)c1/C=C\C. The van der Waals surface area contributed by atoms with Gasteiger partial charge in [-0.25, -0.2) is 0 Å². The van der Waals surface area contributed by atoms with Crippen LogP contribution in [0.25, 0.3) is 77.9 Å². The zero-order chi connectivity index (χ0) is 25.6. The van der Waals surface area contributed by atoms with Crippen molar-refractivity contribution in [2.75, 3.05) is 0 Å². The number of benzene rings is 6. The molecule has 6 aromatic carbocycles. The van der Waals surface area contributed by atoms with Crippen molar-refractivity contribution in [1.29, 1.82) is 0 Å². The highest BCUT2D eigenvalue weighted by Gasteiger charge is 2.21. The Hall–Kier alpha value is -4.88. The average Bonchev–Trinajstić information content (AvgIpc) is 3.36. The molecule has 7 aromatic rings. The minimum absolute atomic E-state index is 0.893. The highest BCUT2D eigenvalue weighted by atomic mass is 16.3. The molecule has 1 aromatic heterocycles. The van der Waals surface area contributed by atoms with Gasteiger partial charge in [-0.15, -0.1) is 0 Å². The van der Waals surface area contributed by atoms with Crippen LogP contribution in [0, 0.1) is 0 Å². The largest absolute Gasteiger partial charge is 0.455 e. The van der Waals surface area contributed by atoms with E-state index < -0.39 is 0 Å². The van der Waals surface area contributed by atoms with Crippen LogP contribution in [0.15, 0.2) is 126 Å². The molecule has 0 spiro atoms. The molecule has 0 saturated carbocycles. The Morgan fingerprint density at radius 2 is 1.24 bits per heavy atom. The van der Waals surface area contributed by atoms with E-state index in [0.717, 1.165) is 33.1 Å². The Morgan fingerprint density at radius 3 is 1.87 bits per heavy atom. The fraction of sp³-hybridized carbons (Fsp3) is 0.0270. The minimum Gasteiger partial charge on any atom is -0.455 e. The molecule has 0 saturated heterocycles. The molecule has 1 nitrogen and oxygen atoms in total. The molecule has 0 atom stereocenters. The first-order valence-corrected chi connectivity index (χ1v) is 13.0. The van der Waals surface area contributed by atoms with E-state index in [-0.39, 0.29) is 0 Å². The zero-order valence-corrected chi connectivity index (χ0v) is 21.2. The van der Waals surface area contributed by atoms with Gasteiger partial charge in [0.15, 0.2) is 0 Å². The van der Waals surface area contributed by atoms with Crippen molar-refractivity contribution in [3.05, 3.63) is 133 Å². The molecule has 0 radical (unpaired) electrons. The van der Waals surface area contributed by atoms with E-state index >= 15 is 0 Å². The summed E-state index contributed by atoms with van der Waals surface area (Å²) in [5.74, 6) is 0. The fourth-order valence-electron chi connectivity index (χ4n) is 5.98. The molecule has 0 N–H and O–H groups in total. The maximum absolute atomic E-state index is 6.56. The van der Waals surface area contributed by atoms with Gasteiger partial charge >= 0.3 is 0 Å². The molecule has 0 aliphatic carbocycles. The van der Waals surface area contributed by atoms with E-state index in [1.54, 1.807) is 0 Å². The molecule has 0 bridgehead atoms. The number of rotatable bonds is 4. The van der Waals surface area contributed by atoms with Gasteiger partial charge in [0.25, 0.3) is 0 Å². The van der Waals surface area contributed by atoms with Crippen LogP contribution < -0.4 is 0 Å². The molecule has 1 heterocycles. The third-order valence-electron chi connectivity index (χ3n) is 7.55. The van der Waals surface area contributed by atoms with E-state index in [2.05, 4.69) is 128 Å². The van der Waals surface area contributed by atoms with Crippen molar-refractivity contribution in [1.82, 2.24) is 0 Å². The molecule has 7 rings (SSSR count). The van der Waals surface area contributed by atoms with Crippen LogP contribution in [0.5, 0.6) is 0 Å². The quantitative estimate of drug-likeness (QED) is 0.225. The molecule has 0 fully saturated rings. The van der Waals surface area contributed by atoms with Gasteiger partial charge < -0.3 is 4.42 Å². The third kappa shape index (κ3) is 3.26. The van der Waals surface area contributed by atoms with Crippen molar-refractivity contribution in [2.45, 2.75) is 6.92 Å². The van der Waals surface area contributed by atoms with Crippen LogP contribution in [0.3, 0.4) is 0 Å². The van der Waals surface area contributed by atoms with Crippen LogP contribution in [0.4, 0.5) is 0 Å². The van der Waals surface area contributed by atoms with Crippen LogP contribution >= 0.6 is 0 Å². The number of furan rings is 1. The molecule has 0 unspecified atom stereocenters. The van der Waals surface area contributed by atoms with Gasteiger partial charge in [-0.1, -0.05) is 122 Å². The zero-order valence-electron chi connectivity index (χ0n) is 21.2. The summed E-state index contributed by atoms with van der Waals surface area (Å²) in [7, 11) is 0. The predicted octanol–water partition coefficient (Wildman–Crippen LogP) is 10.9. The lowest BCUT2D eigenvalue weighted by Gasteiger charge is -2.18. The molecular formula is C37H26O. The van der Waals surface area contributed by atoms with Crippen LogP contribution in [0.1, 0.15) is 18.1 Å². The van der Waals surface area contributed by atoms with Crippen molar-refractivity contribution >= 4 is 55.6 Å². The van der Waals surface area contributed by atoms with Crippen molar-refractivity contribution in [3.8, 4) is 22.3 Å². The standard InChI is InChI=1S/C37H26O/c1-3-13-26-24(4-2)22-23-32-36-31(20-12-21-33(36)38-37(26)32)35-29-18-10-8-16-27(29)34(25-14-6-5-7-15-25)28-17-9-11-19-30(28)35/h3-23H,2H2,1H3/b13-3-. The molecule has 180 valence electrons. The molecule has 0 aliphatic heterocycles. The van der Waals surface area contributed by atoms with Crippen LogP contribution in [-0.2, 0) is 0 Å². The van der Waals surface area contributed by atoms with Crippen LogP contribution in [0.2, 0.25) is 0 Å². The summed E-state index contributed by atoms with van der Waals surface area (Å²) in [5.41, 5.74) is 8.86. The molecule has 1 heteroatoms. The maximum Gasteiger partial charge on any atom is 0.143 e. The summed E-state index contributed by atoms with van der Waals surface area (Å²) in [6.07, 6.45) is 6.06. The molecule has 0 aliphatic rings. The summed E-state index contributed by atoms with van der Waals surface area (Å²) < 4.78 is 6.56. The maximum atomic E-state index is 6.56. The van der Waals surface area contributed by atoms with E-state index in [1.807, 2.05) is 13.0 Å². The summed E-state index contributed by atoms with van der Waals surface area (Å²) in [4.78, 5) is 0. The second kappa shape index (κ2) is 8.90. The van der Waals surface area contributed by atoms with E-state index in [1.165, 1.54) is 43.8 Å². The molecule has 0 amide bonds. The topological polar surface area (TPSA) is 13.1 Å². The molecular weight excluding hydrogens is 460 g/mol. The number of hydrogen-bond donors (Lipinski definition) is 0. The average molecular weight is 487 g/mol. The Kier molecular flexibility index (Phi) is 5.23. The third-order valence-corrected chi connectivity index (χ3v) is 7.55. The second-order valence-electron chi connectivity index (χ2n) is 9.64. The summed E-state index contributed by atoms with van der Waals surface area (Å²) in [6.45, 7) is 6.06. The van der Waals surface area contributed by atoms with Gasteiger partial charge in [-0.05, 0) is 68.4 Å². The van der Waals surface area contributed by atoms with Gasteiger partial charge in [-0.3, -0.25) is 0 Å². The van der Waals surface area contributed by atoms with Crippen molar-refractivity contribution in [2.24, 2.45) is 0 Å². The van der Waals surface area contributed by atoms with Gasteiger partial charge in [0, 0.05) is 16.3 Å². The van der Waals surface area contributed by atoms with E-state index in [0.29, 0.717) is 0 Å². The second-order valence-corrected chi connectivity index (χ2v) is 9.64. The van der Waals surface area contributed by atoms with Gasteiger partial charge in [0.2, 0.25) is 0 Å². The number of fused-ring (bicyclic) bond motifs is 5. The smallest absolute Gasteiger partial charge is 0.143 e. The Morgan fingerprint density at radius 1 is 0.605 bits per heavy atom. The van der Waals surface area contributed by atoms with Crippen molar-refractivity contribution in [3.63, 3.8) is 0 Å². The first-order chi connectivity index (χ1) is 18.8. The highest BCUT2D eigenvalue weighted by molar-refractivity contribution is 6.25. The summed E-state index contributed by atoms with van der Waals surface area (Å²) >= 11 is 0. The lowest BCUT2D eigenvalue weighted by atomic mass is 9.85. The first-order valence-electron chi connectivity index (χ1n) is 13.0. The Bertz CT molecular complexity index is 1980. The monoisotopic (exact) mass is 486 g/mol. The van der Waals surface area contributed by atoms with Crippen LogP contribution in [-0.4, -0.2) is 0 Å². The van der Waals surface area contributed by atoms with E-state index in [4.69, 9.17) is 4.42 Å². The lowest BCUT2D eigenvalue weighted by Crippen LogP contribution is -1.91. The highest BCUT2D eigenvalue weighted by Crippen LogP contribution is 2.47. The Balaban J connectivity index is 1.67. The normalized spacial score (nSPS) is 11.8. The first kappa shape index (κ1) is 22.3. The summed E-state index contributed by atoms with van der Waals surface area (Å²) in [6, 6.07) is 39.1. The van der Waals surface area contributed by atoms with E-state index in [9.17, 15) is 0 Å². The predicted molar refractivity (Wildman–Crippen MR) is 164 cm³/mol. The Labute approximate surface area is 222 Å². The molecule has 38 heavy (non-hydrogen) atoms. The van der Waals surface area contributed by atoms with Crippen molar-refractivity contribution < 1.29 is 4.42 Å². The fourth-order valence-corrected chi connectivity index (χ4v) is 5.98. The number of allylic oxidation sites excluding steroid dienone is 1.